The fourth-order valence-electron chi connectivity index (χ4n) is 1.94. The highest BCUT2D eigenvalue weighted by Crippen LogP contribution is 2.26. The molecule has 4 heteroatoms. The highest BCUT2D eigenvalue weighted by Gasteiger charge is 2.11. The van der Waals surface area contributed by atoms with Crippen LogP contribution in [0, 0.1) is 18.3 Å². The molecule has 0 saturated heterocycles. The van der Waals surface area contributed by atoms with Crippen molar-refractivity contribution in [1.82, 2.24) is 4.98 Å². The summed E-state index contributed by atoms with van der Waals surface area (Å²) < 4.78 is 0. The van der Waals surface area contributed by atoms with E-state index in [4.69, 9.17) is 16.9 Å². The minimum Gasteiger partial charge on any atom is -0.354 e. The maximum absolute atomic E-state index is 8.97. The van der Waals surface area contributed by atoms with Crippen LogP contribution in [0.4, 0.5) is 5.82 Å². The van der Waals surface area contributed by atoms with Gasteiger partial charge in [0.1, 0.15) is 16.9 Å². The van der Waals surface area contributed by atoms with Crippen molar-refractivity contribution in [3.63, 3.8) is 0 Å². The lowest BCUT2D eigenvalue weighted by Crippen LogP contribution is -2.18. The van der Waals surface area contributed by atoms with E-state index in [-0.39, 0.29) is 0 Å². The molecule has 0 aliphatic rings. The maximum atomic E-state index is 8.97. The lowest BCUT2D eigenvalue weighted by atomic mass is 10.1. The topological polar surface area (TPSA) is 39.9 Å². The Balaban J connectivity index is 2.26. The third kappa shape index (κ3) is 3.04. The van der Waals surface area contributed by atoms with E-state index in [1.54, 1.807) is 12.3 Å². The van der Waals surface area contributed by atoms with Gasteiger partial charge >= 0.3 is 0 Å². The van der Waals surface area contributed by atoms with E-state index in [9.17, 15) is 0 Å². The van der Waals surface area contributed by atoms with Crippen LogP contribution in [0.5, 0.6) is 0 Å². The van der Waals surface area contributed by atoms with Gasteiger partial charge in [0.15, 0.2) is 0 Å². The first-order chi connectivity index (χ1) is 9.11. The normalized spacial score (nSPS) is 10.0. The van der Waals surface area contributed by atoms with E-state index in [1.807, 2.05) is 18.0 Å². The average molecular weight is 272 g/mol. The first kappa shape index (κ1) is 13.4. The lowest BCUT2D eigenvalue weighted by molar-refractivity contribution is 0.896. The number of nitrogens with zero attached hydrogens (tertiary/aromatic N) is 3. The molecular formula is C15H14ClN3. The predicted molar refractivity (Wildman–Crippen MR) is 77.2 cm³/mol. The summed E-state index contributed by atoms with van der Waals surface area (Å²) in [4.78, 5) is 6.19. The Morgan fingerprint density at radius 2 is 2.16 bits per heavy atom. The number of hydrogen-bond donors (Lipinski definition) is 0. The second-order valence-corrected chi connectivity index (χ2v) is 4.83. The van der Waals surface area contributed by atoms with Crippen LogP contribution in [0.3, 0.4) is 0 Å². The monoisotopic (exact) mass is 271 g/mol. The van der Waals surface area contributed by atoms with Gasteiger partial charge in [0.05, 0.1) is 5.56 Å². The SMILES string of the molecule is Cc1cccc(CN(C)c2nccc(C#N)c2Cl)c1. The molecule has 19 heavy (non-hydrogen) atoms. The Hall–Kier alpha value is -2.05. The quantitative estimate of drug-likeness (QED) is 0.857. The number of aromatic nitrogens is 1. The fourth-order valence-corrected chi connectivity index (χ4v) is 2.24. The molecule has 0 radical (unpaired) electrons. The van der Waals surface area contributed by atoms with E-state index < -0.39 is 0 Å². The third-order valence-corrected chi connectivity index (χ3v) is 3.23. The Labute approximate surface area is 118 Å². The van der Waals surface area contributed by atoms with E-state index in [2.05, 4.69) is 36.2 Å². The van der Waals surface area contributed by atoms with E-state index in [1.165, 1.54) is 11.1 Å². The lowest BCUT2D eigenvalue weighted by Gasteiger charge is -2.19. The van der Waals surface area contributed by atoms with Crippen LogP contribution in [0.25, 0.3) is 0 Å². The van der Waals surface area contributed by atoms with Crippen molar-refractivity contribution >= 4 is 17.4 Å². The number of benzene rings is 1. The standard InChI is InChI=1S/C15H14ClN3/c1-11-4-3-5-12(8-11)10-19(2)15-14(16)13(9-17)6-7-18-15/h3-8H,10H2,1-2H3. The van der Waals surface area contributed by atoms with Crippen molar-refractivity contribution in [1.29, 1.82) is 5.26 Å². The van der Waals surface area contributed by atoms with Gasteiger partial charge in [-0.25, -0.2) is 4.98 Å². The zero-order valence-electron chi connectivity index (χ0n) is 10.9. The number of anilines is 1. The second kappa shape index (κ2) is 5.73. The van der Waals surface area contributed by atoms with Crippen molar-refractivity contribution in [3.8, 4) is 6.07 Å². The van der Waals surface area contributed by atoms with Gasteiger partial charge in [-0.05, 0) is 18.6 Å². The van der Waals surface area contributed by atoms with Crippen molar-refractivity contribution < 1.29 is 0 Å². The Morgan fingerprint density at radius 3 is 2.84 bits per heavy atom. The van der Waals surface area contributed by atoms with Crippen molar-refractivity contribution in [2.45, 2.75) is 13.5 Å². The molecular weight excluding hydrogens is 258 g/mol. The molecule has 0 aliphatic heterocycles. The summed E-state index contributed by atoms with van der Waals surface area (Å²) in [6.45, 7) is 2.76. The second-order valence-electron chi connectivity index (χ2n) is 4.45. The minimum absolute atomic E-state index is 0.403. The molecule has 0 bridgehead atoms. The van der Waals surface area contributed by atoms with E-state index in [0.717, 1.165) is 0 Å². The maximum Gasteiger partial charge on any atom is 0.148 e. The van der Waals surface area contributed by atoms with Crippen molar-refractivity contribution in [2.24, 2.45) is 0 Å². The van der Waals surface area contributed by atoms with Crippen LogP contribution in [-0.2, 0) is 6.54 Å². The Kier molecular flexibility index (Phi) is 4.03. The third-order valence-electron chi connectivity index (χ3n) is 2.86. The van der Waals surface area contributed by atoms with Crippen LogP contribution in [0.2, 0.25) is 5.02 Å². The first-order valence-corrected chi connectivity index (χ1v) is 6.31. The molecule has 2 rings (SSSR count). The van der Waals surface area contributed by atoms with Crippen LogP contribution in [0.1, 0.15) is 16.7 Å². The molecule has 2 aromatic rings. The number of hydrogen-bond acceptors (Lipinski definition) is 3. The minimum atomic E-state index is 0.403. The predicted octanol–water partition coefficient (Wildman–Crippen LogP) is 3.55. The van der Waals surface area contributed by atoms with Gasteiger partial charge in [-0.1, -0.05) is 41.4 Å². The summed E-state index contributed by atoms with van der Waals surface area (Å²) in [7, 11) is 1.91. The molecule has 0 fully saturated rings. The summed E-state index contributed by atoms with van der Waals surface area (Å²) in [5.74, 6) is 0.627. The zero-order valence-corrected chi connectivity index (χ0v) is 11.6. The smallest absolute Gasteiger partial charge is 0.148 e. The average Bonchev–Trinajstić information content (AvgIpc) is 2.39. The molecule has 1 aromatic carbocycles. The Bertz CT molecular complexity index is 632. The van der Waals surface area contributed by atoms with Crippen LogP contribution >= 0.6 is 11.6 Å². The van der Waals surface area contributed by atoms with Crippen LogP contribution in [-0.4, -0.2) is 12.0 Å². The van der Waals surface area contributed by atoms with Crippen molar-refractivity contribution in [3.05, 3.63) is 58.2 Å². The van der Waals surface area contributed by atoms with Gasteiger partial charge in [-0.3, -0.25) is 0 Å². The van der Waals surface area contributed by atoms with Gasteiger partial charge in [-0.2, -0.15) is 5.26 Å². The molecule has 1 aromatic heterocycles. The molecule has 0 saturated carbocycles. The van der Waals surface area contributed by atoms with Crippen molar-refractivity contribution in [2.75, 3.05) is 11.9 Å². The summed E-state index contributed by atoms with van der Waals surface area (Å²) in [6, 6.07) is 12.0. The number of halogens is 1. The molecule has 0 N–H and O–H groups in total. The first-order valence-electron chi connectivity index (χ1n) is 5.93. The largest absolute Gasteiger partial charge is 0.354 e. The summed E-state index contributed by atoms with van der Waals surface area (Å²) >= 11 is 6.17. The Morgan fingerprint density at radius 1 is 1.37 bits per heavy atom. The summed E-state index contributed by atoms with van der Waals surface area (Å²) in [6.07, 6.45) is 1.60. The molecule has 96 valence electrons. The number of aryl methyl sites for hydroxylation is 1. The van der Waals surface area contributed by atoms with Gasteiger partial charge in [-0.15, -0.1) is 0 Å². The molecule has 1 heterocycles. The molecule has 0 amide bonds. The molecule has 3 nitrogen and oxygen atoms in total. The molecule has 0 aliphatic carbocycles. The number of nitriles is 1. The summed E-state index contributed by atoms with van der Waals surface area (Å²) in [5, 5.41) is 9.37. The van der Waals surface area contributed by atoms with Gasteiger partial charge in [0.2, 0.25) is 0 Å². The summed E-state index contributed by atoms with van der Waals surface area (Å²) in [5.41, 5.74) is 2.85. The number of pyridine rings is 1. The molecule has 0 unspecified atom stereocenters. The number of rotatable bonds is 3. The van der Waals surface area contributed by atoms with Gasteiger partial charge < -0.3 is 4.90 Å². The molecule has 0 atom stereocenters. The van der Waals surface area contributed by atoms with Gasteiger partial charge in [0, 0.05) is 19.8 Å². The highest BCUT2D eigenvalue weighted by atomic mass is 35.5. The van der Waals surface area contributed by atoms with E-state index in [0.29, 0.717) is 22.9 Å². The highest BCUT2D eigenvalue weighted by molar-refractivity contribution is 6.34. The molecule has 0 spiro atoms. The zero-order chi connectivity index (χ0) is 13.8. The van der Waals surface area contributed by atoms with E-state index >= 15 is 0 Å². The van der Waals surface area contributed by atoms with Crippen LogP contribution < -0.4 is 4.90 Å². The van der Waals surface area contributed by atoms with Crippen LogP contribution in [0.15, 0.2) is 36.5 Å². The fraction of sp³-hybridized carbons (Fsp3) is 0.200. The van der Waals surface area contributed by atoms with Gasteiger partial charge in [0.25, 0.3) is 0 Å².